The van der Waals surface area contributed by atoms with E-state index in [1.807, 2.05) is 6.07 Å². The Labute approximate surface area is 128 Å². The second-order valence-corrected chi connectivity index (χ2v) is 5.79. The molecule has 0 atom stereocenters. The van der Waals surface area contributed by atoms with Crippen LogP contribution >= 0.6 is 27.3 Å². The molecular weight excluding hydrogens is 346 g/mol. The molecule has 0 aliphatic heterocycles. The summed E-state index contributed by atoms with van der Waals surface area (Å²) in [6.07, 6.45) is 0. The lowest BCUT2D eigenvalue weighted by molar-refractivity contribution is 0.0701. The molecule has 0 amide bonds. The molecule has 2 aromatic rings. The molecule has 0 aliphatic rings. The first-order valence-electron chi connectivity index (χ1n) is 5.60. The molecular formula is C13H12BrNO4S. The van der Waals surface area contributed by atoms with Crippen LogP contribution in [0.3, 0.4) is 0 Å². The molecule has 5 nitrogen and oxygen atoms in total. The topological polar surface area (TPSA) is 68.7 Å². The minimum absolute atomic E-state index is 0.242. The maximum atomic E-state index is 11.1. The number of nitrogens with zero attached hydrogens (tertiary/aromatic N) is 1. The van der Waals surface area contributed by atoms with Crippen molar-refractivity contribution in [2.24, 2.45) is 0 Å². The first kappa shape index (κ1) is 14.8. The summed E-state index contributed by atoms with van der Waals surface area (Å²) in [7, 11) is 3.10. The summed E-state index contributed by atoms with van der Waals surface area (Å²) in [4.78, 5) is 15.6. The van der Waals surface area contributed by atoms with E-state index in [1.54, 1.807) is 27.2 Å². The number of carbonyl (C=O) groups is 1. The van der Waals surface area contributed by atoms with Gasteiger partial charge < -0.3 is 14.6 Å². The molecule has 0 saturated heterocycles. The van der Waals surface area contributed by atoms with E-state index in [0.29, 0.717) is 22.2 Å². The Bertz CT molecular complexity index is 669. The fourth-order valence-corrected chi connectivity index (χ4v) is 3.26. The van der Waals surface area contributed by atoms with Crippen LogP contribution in [-0.4, -0.2) is 30.3 Å². The Morgan fingerprint density at radius 1 is 1.35 bits per heavy atom. The summed E-state index contributed by atoms with van der Waals surface area (Å²) in [6, 6.07) is 3.60. The zero-order chi connectivity index (χ0) is 14.9. The number of aromatic nitrogens is 1. The number of hydrogen-bond donors (Lipinski definition) is 1. The average Bonchev–Trinajstić information content (AvgIpc) is 2.80. The number of thiazole rings is 1. The Kier molecular flexibility index (Phi) is 4.29. The van der Waals surface area contributed by atoms with Gasteiger partial charge in [0.15, 0.2) is 11.5 Å². The van der Waals surface area contributed by atoms with Crippen molar-refractivity contribution < 1.29 is 19.4 Å². The minimum Gasteiger partial charge on any atom is -0.493 e. The van der Waals surface area contributed by atoms with Gasteiger partial charge in [0, 0.05) is 5.56 Å². The van der Waals surface area contributed by atoms with Crippen LogP contribution in [0.5, 0.6) is 11.5 Å². The van der Waals surface area contributed by atoms with Crippen LogP contribution in [0, 0.1) is 6.92 Å². The van der Waals surface area contributed by atoms with Crippen LogP contribution in [0.4, 0.5) is 0 Å². The van der Waals surface area contributed by atoms with Gasteiger partial charge in [0.05, 0.1) is 24.4 Å². The molecule has 0 saturated carbocycles. The van der Waals surface area contributed by atoms with Gasteiger partial charge in [0.25, 0.3) is 0 Å². The summed E-state index contributed by atoms with van der Waals surface area (Å²) in [5.74, 6) is 0.176. The van der Waals surface area contributed by atoms with Crippen molar-refractivity contribution in [2.75, 3.05) is 14.2 Å². The van der Waals surface area contributed by atoms with Crippen LogP contribution in [0.25, 0.3) is 10.6 Å². The molecule has 0 bridgehead atoms. The van der Waals surface area contributed by atoms with Crippen LogP contribution in [0.2, 0.25) is 0 Å². The number of carboxylic acids is 1. The van der Waals surface area contributed by atoms with Gasteiger partial charge >= 0.3 is 5.97 Å². The molecule has 106 valence electrons. The lowest BCUT2D eigenvalue weighted by Crippen LogP contribution is -1.94. The van der Waals surface area contributed by atoms with Crippen molar-refractivity contribution in [1.29, 1.82) is 0 Å². The lowest BCUT2D eigenvalue weighted by Gasteiger charge is -2.10. The molecule has 0 fully saturated rings. The minimum atomic E-state index is -0.967. The first-order valence-corrected chi connectivity index (χ1v) is 7.21. The number of benzene rings is 1. The van der Waals surface area contributed by atoms with Crippen molar-refractivity contribution in [3.63, 3.8) is 0 Å². The predicted octanol–water partition coefficient (Wildman–Crippen LogP) is 3.60. The summed E-state index contributed by atoms with van der Waals surface area (Å²) < 4.78 is 11.2. The number of rotatable bonds is 4. The second-order valence-electron chi connectivity index (χ2n) is 3.93. The number of aromatic carboxylic acids is 1. The summed E-state index contributed by atoms with van der Waals surface area (Å²) in [6.45, 7) is 1.68. The second kappa shape index (κ2) is 5.80. The molecule has 2 rings (SSSR count). The third-order valence-corrected chi connectivity index (χ3v) is 4.45. The fourth-order valence-electron chi connectivity index (χ4n) is 1.76. The van der Waals surface area contributed by atoms with Gasteiger partial charge in [-0.3, -0.25) is 0 Å². The van der Waals surface area contributed by atoms with Gasteiger partial charge in [0.2, 0.25) is 0 Å². The predicted molar refractivity (Wildman–Crippen MR) is 80.1 cm³/mol. The molecule has 7 heteroatoms. The van der Waals surface area contributed by atoms with Gasteiger partial charge in [-0.1, -0.05) is 0 Å². The molecule has 1 N–H and O–H groups in total. The van der Waals surface area contributed by atoms with Crippen molar-refractivity contribution in [3.8, 4) is 22.1 Å². The maximum absolute atomic E-state index is 11.1. The maximum Gasteiger partial charge on any atom is 0.347 e. The number of methoxy groups -OCH3 is 2. The van der Waals surface area contributed by atoms with E-state index in [1.165, 1.54) is 0 Å². The largest absolute Gasteiger partial charge is 0.493 e. The molecule has 0 radical (unpaired) electrons. The number of halogens is 1. The Hall–Kier alpha value is -1.60. The third kappa shape index (κ3) is 2.64. The van der Waals surface area contributed by atoms with Gasteiger partial charge in [-0.2, -0.15) is 0 Å². The molecule has 1 heterocycles. The quantitative estimate of drug-likeness (QED) is 0.905. The van der Waals surface area contributed by atoms with E-state index in [-0.39, 0.29) is 4.88 Å². The highest BCUT2D eigenvalue weighted by atomic mass is 79.9. The highest BCUT2D eigenvalue weighted by Gasteiger charge is 2.18. The van der Waals surface area contributed by atoms with Crippen molar-refractivity contribution >= 4 is 33.2 Å². The normalized spacial score (nSPS) is 10.4. The van der Waals surface area contributed by atoms with E-state index in [9.17, 15) is 4.79 Å². The highest BCUT2D eigenvalue weighted by Crippen LogP contribution is 2.40. The van der Waals surface area contributed by atoms with E-state index in [4.69, 9.17) is 14.6 Å². The monoisotopic (exact) mass is 357 g/mol. The lowest BCUT2D eigenvalue weighted by atomic mass is 10.2. The van der Waals surface area contributed by atoms with Crippen molar-refractivity contribution in [3.05, 3.63) is 27.2 Å². The summed E-state index contributed by atoms with van der Waals surface area (Å²) in [5.41, 5.74) is 1.28. The van der Waals surface area contributed by atoms with Gasteiger partial charge in [0.1, 0.15) is 9.88 Å². The van der Waals surface area contributed by atoms with Crippen LogP contribution < -0.4 is 9.47 Å². The number of aryl methyl sites for hydroxylation is 1. The van der Waals surface area contributed by atoms with Crippen LogP contribution in [0.1, 0.15) is 15.4 Å². The number of carboxylic acid groups (broad SMARTS) is 1. The molecule has 1 aromatic carbocycles. The third-order valence-electron chi connectivity index (χ3n) is 2.67. The van der Waals surface area contributed by atoms with E-state index in [0.717, 1.165) is 21.4 Å². The Morgan fingerprint density at radius 2 is 2.05 bits per heavy atom. The van der Waals surface area contributed by atoms with E-state index in [2.05, 4.69) is 20.9 Å². The van der Waals surface area contributed by atoms with Gasteiger partial charge in [-0.25, -0.2) is 9.78 Å². The molecule has 0 unspecified atom stereocenters. The molecule has 0 aliphatic carbocycles. The number of hydrogen-bond acceptors (Lipinski definition) is 5. The Balaban J connectivity index is 2.56. The number of ether oxygens (including phenoxy) is 2. The van der Waals surface area contributed by atoms with Crippen molar-refractivity contribution in [1.82, 2.24) is 4.98 Å². The van der Waals surface area contributed by atoms with Crippen LogP contribution in [0.15, 0.2) is 16.6 Å². The zero-order valence-electron chi connectivity index (χ0n) is 11.1. The first-order chi connectivity index (χ1) is 9.47. The summed E-state index contributed by atoms with van der Waals surface area (Å²) in [5, 5.41) is 9.71. The zero-order valence-corrected chi connectivity index (χ0v) is 13.5. The Morgan fingerprint density at radius 3 is 2.55 bits per heavy atom. The average molecular weight is 358 g/mol. The summed E-state index contributed by atoms with van der Waals surface area (Å²) >= 11 is 4.54. The van der Waals surface area contributed by atoms with E-state index >= 15 is 0 Å². The van der Waals surface area contributed by atoms with Gasteiger partial charge in [-0.05, 0) is 35.0 Å². The highest BCUT2D eigenvalue weighted by molar-refractivity contribution is 9.10. The SMILES string of the molecule is COc1cc(-c2nc(C)c(C(=O)O)s2)cc(Br)c1OC. The molecule has 1 aromatic heterocycles. The standard InChI is InChI=1S/C13H12BrNO4S/c1-6-11(13(16)17)20-12(15-6)7-4-8(14)10(19-3)9(5-7)18-2/h4-5H,1-3H3,(H,16,17). The molecule has 0 spiro atoms. The molecule has 20 heavy (non-hydrogen) atoms. The fraction of sp³-hybridized carbons (Fsp3) is 0.231. The van der Waals surface area contributed by atoms with Crippen molar-refractivity contribution in [2.45, 2.75) is 6.92 Å². The van der Waals surface area contributed by atoms with E-state index < -0.39 is 5.97 Å². The van der Waals surface area contributed by atoms with Gasteiger partial charge in [-0.15, -0.1) is 11.3 Å². The van der Waals surface area contributed by atoms with Crippen LogP contribution in [-0.2, 0) is 0 Å². The smallest absolute Gasteiger partial charge is 0.347 e.